The van der Waals surface area contributed by atoms with Crippen LogP contribution < -0.4 is 5.32 Å². The Hall–Kier alpha value is -1.42. The number of hydrogen-bond acceptors (Lipinski definition) is 3. The van der Waals surface area contributed by atoms with Crippen LogP contribution in [0.2, 0.25) is 0 Å². The van der Waals surface area contributed by atoms with Gasteiger partial charge in [-0.05, 0) is 70.8 Å². The van der Waals surface area contributed by atoms with Gasteiger partial charge in [-0.15, -0.1) is 0 Å². The summed E-state index contributed by atoms with van der Waals surface area (Å²) in [6, 6.07) is 3.99. The molecule has 2 heterocycles. The van der Waals surface area contributed by atoms with Crippen molar-refractivity contribution in [3.05, 3.63) is 30.1 Å². The first-order valence-corrected chi connectivity index (χ1v) is 7.88. The van der Waals surface area contributed by atoms with Gasteiger partial charge in [-0.25, -0.2) is 0 Å². The molecule has 0 radical (unpaired) electrons. The number of carbonyl (C=O) groups is 1. The van der Waals surface area contributed by atoms with Gasteiger partial charge in [-0.1, -0.05) is 0 Å². The Morgan fingerprint density at radius 1 is 1.29 bits per heavy atom. The first kappa shape index (κ1) is 16.0. The zero-order valence-corrected chi connectivity index (χ0v) is 13.4. The van der Waals surface area contributed by atoms with Crippen molar-refractivity contribution in [2.75, 3.05) is 19.6 Å². The molecule has 4 heteroatoms. The number of aromatic nitrogens is 1. The summed E-state index contributed by atoms with van der Waals surface area (Å²) in [6.45, 7) is 9.46. The van der Waals surface area contributed by atoms with Crippen LogP contribution in [-0.2, 0) is 11.2 Å². The number of likely N-dealkylation sites (tertiary alicyclic amines) is 1. The summed E-state index contributed by atoms with van der Waals surface area (Å²) in [4.78, 5) is 18.7. The van der Waals surface area contributed by atoms with Gasteiger partial charge in [0.2, 0.25) is 5.91 Å². The lowest BCUT2D eigenvalue weighted by atomic mass is 9.92. The maximum Gasteiger partial charge on any atom is 0.223 e. The summed E-state index contributed by atoms with van der Waals surface area (Å²) in [5, 5.41) is 3.08. The molecule has 0 bridgehead atoms. The van der Waals surface area contributed by atoms with E-state index < -0.39 is 0 Å². The lowest BCUT2D eigenvalue weighted by Crippen LogP contribution is -2.48. The van der Waals surface area contributed by atoms with E-state index in [-0.39, 0.29) is 17.4 Å². The number of nitrogens with one attached hydrogen (secondary N) is 1. The van der Waals surface area contributed by atoms with Gasteiger partial charge in [0.15, 0.2) is 0 Å². The van der Waals surface area contributed by atoms with E-state index in [1.807, 2.05) is 12.1 Å². The van der Waals surface area contributed by atoms with Crippen molar-refractivity contribution in [1.29, 1.82) is 0 Å². The highest BCUT2D eigenvalue weighted by molar-refractivity contribution is 5.78. The summed E-state index contributed by atoms with van der Waals surface area (Å²) in [7, 11) is 0. The molecule has 1 amide bonds. The quantitative estimate of drug-likeness (QED) is 0.924. The van der Waals surface area contributed by atoms with Gasteiger partial charge in [0.1, 0.15) is 0 Å². The second-order valence-electron chi connectivity index (χ2n) is 6.83. The normalized spacial score (nSPS) is 17.7. The third kappa shape index (κ3) is 4.81. The van der Waals surface area contributed by atoms with Gasteiger partial charge in [-0.2, -0.15) is 0 Å². The van der Waals surface area contributed by atoms with Crippen LogP contribution in [0.25, 0.3) is 0 Å². The minimum absolute atomic E-state index is 0.182. The number of rotatable bonds is 4. The minimum atomic E-state index is 0.182. The molecule has 21 heavy (non-hydrogen) atoms. The topological polar surface area (TPSA) is 45.2 Å². The highest BCUT2D eigenvalue weighted by atomic mass is 16.1. The third-order valence-corrected chi connectivity index (χ3v) is 4.28. The summed E-state index contributed by atoms with van der Waals surface area (Å²) in [6.07, 6.45) is 6.39. The van der Waals surface area contributed by atoms with Gasteiger partial charge >= 0.3 is 0 Å². The molecule has 2 rings (SSSR count). The molecule has 1 aromatic heterocycles. The fourth-order valence-electron chi connectivity index (χ4n) is 2.84. The predicted octanol–water partition coefficient (Wildman–Crippen LogP) is 2.25. The van der Waals surface area contributed by atoms with Gasteiger partial charge in [0, 0.05) is 30.4 Å². The standard InChI is InChI=1S/C17H27N3O/c1-17(2,3)20-12-7-15(8-13-20)16(21)19-11-6-14-4-9-18-10-5-14/h4-5,9-10,15H,6-8,11-13H2,1-3H3,(H,19,21). The summed E-state index contributed by atoms with van der Waals surface area (Å²) in [5.74, 6) is 0.402. The van der Waals surface area contributed by atoms with Crippen LogP contribution in [0.3, 0.4) is 0 Å². The molecule has 1 aromatic rings. The summed E-state index contributed by atoms with van der Waals surface area (Å²) in [5.41, 5.74) is 1.43. The molecule has 0 spiro atoms. The van der Waals surface area contributed by atoms with Crippen molar-refractivity contribution in [1.82, 2.24) is 15.2 Å². The summed E-state index contributed by atoms with van der Waals surface area (Å²) < 4.78 is 0. The molecule has 4 nitrogen and oxygen atoms in total. The minimum Gasteiger partial charge on any atom is -0.356 e. The fourth-order valence-corrected chi connectivity index (χ4v) is 2.84. The fraction of sp³-hybridized carbons (Fsp3) is 0.647. The third-order valence-electron chi connectivity index (χ3n) is 4.28. The molecular formula is C17H27N3O. The number of hydrogen-bond donors (Lipinski definition) is 1. The number of pyridine rings is 1. The van der Waals surface area contributed by atoms with Gasteiger partial charge < -0.3 is 5.32 Å². The van der Waals surface area contributed by atoms with E-state index in [4.69, 9.17) is 0 Å². The van der Waals surface area contributed by atoms with Crippen LogP contribution in [0.1, 0.15) is 39.2 Å². The van der Waals surface area contributed by atoms with Crippen molar-refractivity contribution < 1.29 is 4.79 Å². The zero-order valence-electron chi connectivity index (χ0n) is 13.4. The first-order valence-electron chi connectivity index (χ1n) is 7.88. The Labute approximate surface area is 127 Å². The molecule has 0 saturated carbocycles. The van der Waals surface area contributed by atoms with Crippen LogP contribution >= 0.6 is 0 Å². The molecule has 1 fully saturated rings. The molecule has 1 saturated heterocycles. The monoisotopic (exact) mass is 289 g/mol. The predicted molar refractivity (Wildman–Crippen MR) is 85.0 cm³/mol. The molecular weight excluding hydrogens is 262 g/mol. The van der Waals surface area contributed by atoms with Gasteiger partial charge in [-0.3, -0.25) is 14.7 Å². The maximum atomic E-state index is 12.2. The smallest absolute Gasteiger partial charge is 0.223 e. The van der Waals surface area contributed by atoms with E-state index in [9.17, 15) is 4.79 Å². The Morgan fingerprint density at radius 2 is 1.90 bits per heavy atom. The second-order valence-corrected chi connectivity index (χ2v) is 6.83. The van der Waals surface area contributed by atoms with Crippen LogP contribution in [0.15, 0.2) is 24.5 Å². The number of carbonyl (C=O) groups excluding carboxylic acids is 1. The molecule has 0 unspecified atom stereocenters. The molecule has 116 valence electrons. The number of nitrogens with zero attached hydrogens (tertiary/aromatic N) is 2. The maximum absolute atomic E-state index is 12.2. The summed E-state index contributed by atoms with van der Waals surface area (Å²) >= 11 is 0. The highest BCUT2D eigenvalue weighted by Gasteiger charge is 2.29. The van der Waals surface area contributed by atoms with E-state index in [2.05, 4.69) is 36.0 Å². The Bertz CT molecular complexity index is 445. The molecule has 0 aliphatic carbocycles. The first-order chi connectivity index (χ1) is 9.97. The Kier molecular flexibility index (Phi) is 5.34. The van der Waals surface area contributed by atoms with Crippen molar-refractivity contribution in [3.63, 3.8) is 0 Å². The zero-order chi connectivity index (χ0) is 15.3. The van der Waals surface area contributed by atoms with Crippen molar-refractivity contribution >= 4 is 5.91 Å². The van der Waals surface area contributed by atoms with Gasteiger partial charge in [0.05, 0.1) is 0 Å². The molecule has 1 N–H and O–H groups in total. The van der Waals surface area contributed by atoms with Crippen molar-refractivity contribution in [2.24, 2.45) is 5.92 Å². The van der Waals surface area contributed by atoms with E-state index >= 15 is 0 Å². The Morgan fingerprint density at radius 3 is 2.48 bits per heavy atom. The molecule has 0 atom stereocenters. The van der Waals surface area contributed by atoms with E-state index in [1.54, 1.807) is 12.4 Å². The highest BCUT2D eigenvalue weighted by Crippen LogP contribution is 2.23. The average molecular weight is 289 g/mol. The SMILES string of the molecule is CC(C)(C)N1CCC(C(=O)NCCc2ccncc2)CC1. The van der Waals surface area contributed by atoms with E-state index in [0.29, 0.717) is 6.54 Å². The van der Waals surface area contributed by atoms with Crippen LogP contribution in [0.4, 0.5) is 0 Å². The van der Waals surface area contributed by atoms with Crippen LogP contribution in [-0.4, -0.2) is 41.0 Å². The molecule has 1 aliphatic rings. The van der Waals surface area contributed by atoms with Gasteiger partial charge in [0.25, 0.3) is 0 Å². The number of amides is 1. The molecule has 0 aromatic carbocycles. The lowest BCUT2D eigenvalue weighted by Gasteiger charge is -2.40. The van der Waals surface area contributed by atoms with Crippen LogP contribution in [0, 0.1) is 5.92 Å². The van der Waals surface area contributed by atoms with Crippen LogP contribution in [0.5, 0.6) is 0 Å². The average Bonchev–Trinajstić information content (AvgIpc) is 2.47. The largest absolute Gasteiger partial charge is 0.356 e. The molecule has 1 aliphatic heterocycles. The second kappa shape index (κ2) is 7.03. The van der Waals surface area contributed by atoms with E-state index in [1.165, 1.54) is 5.56 Å². The Balaban J connectivity index is 1.70. The van der Waals surface area contributed by atoms with Crippen molar-refractivity contribution in [3.8, 4) is 0 Å². The lowest BCUT2D eigenvalue weighted by molar-refractivity contribution is -0.126. The van der Waals surface area contributed by atoms with Crippen molar-refractivity contribution in [2.45, 2.75) is 45.6 Å². The van der Waals surface area contributed by atoms with E-state index in [0.717, 1.165) is 32.4 Å². The number of piperidine rings is 1.